The first-order valence-corrected chi connectivity index (χ1v) is 7.48. The fraction of sp³-hybridized carbons (Fsp3) is 0.929. The van der Waals surface area contributed by atoms with Gasteiger partial charge in [0.05, 0.1) is 0 Å². The summed E-state index contributed by atoms with van der Waals surface area (Å²) in [4.78, 5) is 6.43. The molecular weight excluding hydrogens is 242 g/mol. The van der Waals surface area contributed by atoms with Gasteiger partial charge >= 0.3 is 0 Å². The summed E-state index contributed by atoms with van der Waals surface area (Å²) in [5.74, 6) is 1.33. The lowest BCUT2D eigenvalue weighted by Gasteiger charge is -2.21. The van der Waals surface area contributed by atoms with Crippen molar-refractivity contribution in [3.05, 3.63) is 0 Å². The lowest BCUT2D eigenvalue weighted by Crippen LogP contribution is -2.37. The fourth-order valence-electron chi connectivity index (χ4n) is 2.17. The zero-order chi connectivity index (χ0) is 13.9. The Hall–Kier alpha value is -0.810. The van der Waals surface area contributed by atoms with Crippen molar-refractivity contribution >= 4 is 5.96 Å². The molecule has 1 fully saturated rings. The molecule has 1 rings (SSSR count). The van der Waals surface area contributed by atoms with Crippen molar-refractivity contribution in [2.24, 2.45) is 16.6 Å². The van der Waals surface area contributed by atoms with Gasteiger partial charge in [-0.2, -0.15) is 0 Å². The third kappa shape index (κ3) is 6.78. The summed E-state index contributed by atoms with van der Waals surface area (Å²) in [7, 11) is 0. The van der Waals surface area contributed by atoms with Crippen LogP contribution in [0.3, 0.4) is 0 Å². The van der Waals surface area contributed by atoms with E-state index in [1.807, 2.05) is 0 Å². The molecule has 0 saturated carbocycles. The summed E-state index contributed by atoms with van der Waals surface area (Å²) < 4.78 is 11.0. The molecule has 5 nitrogen and oxygen atoms in total. The van der Waals surface area contributed by atoms with E-state index in [-0.39, 0.29) is 0 Å². The molecule has 0 unspecified atom stereocenters. The molecule has 1 aliphatic rings. The molecule has 0 aromatic carbocycles. The molecule has 19 heavy (non-hydrogen) atoms. The number of aliphatic imine (C=N–C) groups is 1. The summed E-state index contributed by atoms with van der Waals surface area (Å²) >= 11 is 0. The van der Waals surface area contributed by atoms with Gasteiger partial charge in [0.25, 0.3) is 0 Å². The minimum absolute atomic E-state index is 0.648. The van der Waals surface area contributed by atoms with Gasteiger partial charge in [-0.1, -0.05) is 0 Å². The zero-order valence-corrected chi connectivity index (χ0v) is 12.4. The monoisotopic (exact) mass is 271 g/mol. The van der Waals surface area contributed by atoms with E-state index >= 15 is 0 Å². The highest BCUT2D eigenvalue weighted by Crippen LogP contribution is 2.14. The standard InChI is InChI=1S/C14H29N3O2/c1-3-17(4-2)14(15)16-8-5-9-19-12-13-6-10-18-11-7-13/h13H,3-12H2,1-2H3,(H2,15,16). The van der Waals surface area contributed by atoms with Gasteiger partial charge in [-0.15, -0.1) is 0 Å². The molecule has 1 heterocycles. The largest absolute Gasteiger partial charge is 0.381 e. The minimum Gasteiger partial charge on any atom is -0.381 e. The molecular formula is C14H29N3O2. The van der Waals surface area contributed by atoms with E-state index in [1.165, 1.54) is 0 Å². The SMILES string of the molecule is CCN(CC)C(N)=NCCCOCC1CCOCC1. The first-order valence-electron chi connectivity index (χ1n) is 7.48. The van der Waals surface area contributed by atoms with Crippen LogP contribution < -0.4 is 5.73 Å². The Morgan fingerprint density at radius 1 is 1.32 bits per heavy atom. The normalized spacial score (nSPS) is 17.7. The number of nitrogens with zero attached hydrogens (tertiary/aromatic N) is 2. The number of hydrogen-bond donors (Lipinski definition) is 1. The Balaban J connectivity index is 2.02. The second kappa shape index (κ2) is 10.0. The van der Waals surface area contributed by atoms with Crippen molar-refractivity contribution in [2.45, 2.75) is 33.1 Å². The van der Waals surface area contributed by atoms with E-state index in [0.29, 0.717) is 11.9 Å². The van der Waals surface area contributed by atoms with Crippen molar-refractivity contribution in [1.29, 1.82) is 0 Å². The first kappa shape index (κ1) is 16.2. The molecule has 0 aromatic heterocycles. The molecule has 0 bridgehead atoms. The Morgan fingerprint density at radius 2 is 2.00 bits per heavy atom. The third-order valence-corrected chi connectivity index (χ3v) is 3.50. The van der Waals surface area contributed by atoms with E-state index < -0.39 is 0 Å². The highest BCUT2D eigenvalue weighted by Gasteiger charge is 2.13. The molecule has 2 N–H and O–H groups in total. The van der Waals surface area contributed by atoms with Gasteiger partial charge in [0.15, 0.2) is 5.96 Å². The molecule has 0 aromatic rings. The quantitative estimate of drug-likeness (QED) is 0.413. The lowest BCUT2D eigenvalue weighted by molar-refractivity contribution is 0.0205. The van der Waals surface area contributed by atoms with Crippen LogP contribution in [-0.2, 0) is 9.47 Å². The maximum Gasteiger partial charge on any atom is 0.191 e. The summed E-state index contributed by atoms with van der Waals surface area (Å²) in [6.07, 6.45) is 3.20. The van der Waals surface area contributed by atoms with Gasteiger partial charge in [-0.3, -0.25) is 4.99 Å². The topological polar surface area (TPSA) is 60.1 Å². The minimum atomic E-state index is 0.648. The maximum atomic E-state index is 5.89. The van der Waals surface area contributed by atoms with Crippen molar-refractivity contribution in [2.75, 3.05) is 46.1 Å². The molecule has 1 aliphatic heterocycles. The maximum absolute atomic E-state index is 5.89. The van der Waals surface area contributed by atoms with E-state index in [2.05, 4.69) is 23.7 Å². The molecule has 0 aliphatic carbocycles. The van der Waals surface area contributed by atoms with Crippen LogP contribution in [0, 0.1) is 5.92 Å². The second-order valence-electron chi connectivity index (χ2n) is 4.90. The van der Waals surface area contributed by atoms with Gasteiger partial charge in [-0.25, -0.2) is 0 Å². The predicted molar refractivity (Wildman–Crippen MR) is 78.4 cm³/mol. The molecule has 112 valence electrons. The highest BCUT2D eigenvalue weighted by molar-refractivity contribution is 5.77. The Kier molecular flexibility index (Phi) is 8.58. The lowest BCUT2D eigenvalue weighted by atomic mass is 10.0. The van der Waals surface area contributed by atoms with Crippen molar-refractivity contribution in [3.8, 4) is 0 Å². The number of ether oxygens (including phenoxy) is 2. The smallest absolute Gasteiger partial charge is 0.191 e. The highest BCUT2D eigenvalue weighted by atomic mass is 16.5. The summed E-state index contributed by atoms with van der Waals surface area (Å²) in [6, 6.07) is 0. The molecule has 0 radical (unpaired) electrons. The third-order valence-electron chi connectivity index (χ3n) is 3.50. The fourth-order valence-corrected chi connectivity index (χ4v) is 2.17. The zero-order valence-electron chi connectivity index (χ0n) is 12.4. The number of nitrogens with two attached hydrogens (primary N) is 1. The molecule has 1 saturated heterocycles. The van der Waals surface area contributed by atoms with Crippen LogP contribution in [0.1, 0.15) is 33.1 Å². The summed E-state index contributed by atoms with van der Waals surface area (Å²) in [5.41, 5.74) is 5.89. The van der Waals surface area contributed by atoms with Crippen LogP contribution in [-0.4, -0.2) is 56.9 Å². The summed E-state index contributed by atoms with van der Waals surface area (Å²) in [5, 5.41) is 0. The van der Waals surface area contributed by atoms with Crippen LogP contribution >= 0.6 is 0 Å². The van der Waals surface area contributed by atoms with E-state index in [9.17, 15) is 0 Å². The van der Waals surface area contributed by atoms with Gasteiger partial charge in [0.2, 0.25) is 0 Å². The van der Waals surface area contributed by atoms with Crippen molar-refractivity contribution in [1.82, 2.24) is 4.90 Å². The van der Waals surface area contributed by atoms with Gasteiger partial charge in [0.1, 0.15) is 0 Å². The van der Waals surface area contributed by atoms with Gasteiger partial charge in [0, 0.05) is 46.1 Å². The second-order valence-corrected chi connectivity index (χ2v) is 4.90. The van der Waals surface area contributed by atoms with Gasteiger partial charge < -0.3 is 20.1 Å². The predicted octanol–water partition coefficient (Wildman–Crippen LogP) is 1.48. The van der Waals surface area contributed by atoms with Crippen molar-refractivity contribution < 1.29 is 9.47 Å². The summed E-state index contributed by atoms with van der Waals surface area (Å²) in [6.45, 7) is 10.1. The van der Waals surface area contributed by atoms with E-state index in [4.69, 9.17) is 15.2 Å². The van der Waals surface area contributed by atoms with Crippen LogP contribution in [0.25, 0.3) is 0 Å². The molecule has 0 atom stereocenters. The number of hydrogen-bond acceptors (Lipinski definition) is 3. The van der Waals surface area contributed by atoms with E-state index in [0.717, 1.165) is 65.3 Å². The van der Waals surface area contributed by atoms with Crippen LogP contribution in [0.5, 0.6) is 0 Å². The molecule has 0 amide bonds. The Bertz CT molecular complexity index is 249. The Labute approximate surface area is 117 Å². The van der Waals surface area contributed by atoms with Crippen molar-refractivity contribution in [3.63, 3.8) is 0 Å². The number of guanidine groups is 1. The van der Waals surface area contributed by atoms with Crippen LogP contribution in [0.15, 0.2) is 4.99 Å². The first-order chi connectivity index (χ1) is 9.27. The number of rotatable bonds is 8. The van der Waals surface area contributed by atoms with Gasteiger partial charge in [-0.05, 0) is 39.0 Å². The van der Waals surface area contributed by atoms with Crippen LogP contribution in [0.2, 0.25) is 0 Å². The average Bonchev–Trinajstić information content (AvgIpc) is 2.45. The van der Waals surface area contributed by atoms with E-state index in [1.54, 1.807) is 0 Å². The molecule has 0 spiro atoms. The van der Waals surface area contributed by atoms with Crippen LogP contribution in [0.4, 0.5) is 0 Å². The Morgan fingerprint density at radius 3 is 2.63 bits per heavy atom. The average molecular weight is 271 g/mol. The molecule has 5 heteroatoms.